The summed E-state index contributed by atoms with van der Waals surface area (Å²) in [5.74, 6) is 1.04. The summed E-state index contributed by atoms with van der Waals surface area (Å²) >= 11 is 0. The lowest BCUT2D eigenvalue weighted by molar-refractivity contribution is 0.229. The molecule has 0 spiro atoms. The largest absolute Gasteiger partial charge is 0.354 e. The van der Waals surface area contributed by atoms with Crippen molar-refractivity contribution in [1.82, 2.24) is 19.7 Å². The van der Waals surface area contributed by atoms with Crippen molar-refractivity contribution in [3.63, 3.8) is 0 Å². The van der Waals surface area contributed by atoms with Gasteiger partial charge < -0.3 is 9.80 Å². The number of benzene rings is 1. The molecule has 1 aromatic carbocycles. The van der Waals surface area contributed by atoms with Crippen LogP contribution in [0.25, 0.3) is 10.8 Å². The van der Waals surface area contributed by atoms with Gasteiger partial charge in [0.25, 0.3) is 0 Å². The van der Waals surface area contributed by atoms with Crippen LogP contribution in [0.15, 0.2) is 48.9 Å². The van der Waals surface area contributed by atoms with Crippen molar-refractivity contribution in [3.05, 3.63) is 48.9 Å². The molecule has 3 aromatic rings. The van der Waals surface area contributed by atoms with Gasteiger partial charge in [-0.1, -0.05) is 24.3 Å². The molecule has 7 nitrogen and oxygen atoms in total. The average Bonchev–Trinajstić information content (AvgIpc) is 3.42. The molecular formula is C20H22N6O. The minimum atomic E-state index is 0.0440. The molecule has 2 fully saturated rings. The molecule has 5 rings (SSSR count). The lowest BCUT2D eigenvalue weighted by atomic mass is 10.1. The second kappa shape index (κ2) is 6.26. The summed E-state index contributed by atoms with van der Waals surface area (Å²) in [7, 11) is 1.83. The van der Waals surface area contributed by atoms with E-state index in [9.17, 15) is 4.79 Å². The summed E-state index contributed by atoms with van der Waals surface area (Å²) in [4.78, 5) is 22.7. The highest BCUT2D eigenvalue weighted by molar-refractivity contribution is 5.93. The Bertz CT molecular complexity index is 994. The van der Waals surface area contributed by atoms with Crippen LogP contribution < -0.4 is 9.80 Å². The fraction of sp³-hybridized carbons (Fsp3) is 0.350. The molecule has 2 aromatic heterocycles. The van der Waals surface area contributed by atoms with Crippen molar-refractivity contribution < 1.29 is 4.79 Å². The molecule has 0 aliphatic carbocycles. The summed E-state index contributed by atoms with van der Waals surface area (Å²) < 4.78 is 2.01. The summed E-state index contributed by atoms with van der Waals surface area (Å²) in [6, 6.07) is 10.8. The minimum Gasteiger partial charge on any atom is -0.354 e. The highest BCUT2D eigenvalue weighted by Crippen LogP contribution is 2.31. The zero-order chi connectivity index (χ0) is 18.4. The van der Waals surface area contributed by atoms with E-state index < -0.39 is 0 Å². The van der Waals surface area contributed by atoms with E-state index in [0.29, 0.717) is 0 Å². The number of carbonyl (C=O) groups excluding carboxylic acids is 1. The van der Waals surface area contributed by atoms with Crippen LogP contribution in [-0.4, -0.2) is 58.9 Å². The molecule has 0 N–H and O–H groups in total. The van der Waals surface area contributed by atoms with E-state index in [4.69, 9.17) is 0 Å². The van der Waals surface area contributed by atoms with E-state index in [-0.39, 0.29) is 12.1 Å². The first-order valence-electron chi connectivity index (χ1n) is 9.36. The van der Waals surface area contributed by atoms with Crippen molar-refractivity contribution in [3.8, 4) is 0 Å². The molecular weight excluding hydrogens is 340 g/mol. The van der Waals surface area contributed by atoms with Gasteiger partial charge in [0, 0.05) is 51.0 Å². The first kappa shape index (κ1) is 16.1. The van der Waals surface area contributed by atoms with E-state index in [2.05, 4.69) is 45.3 Å². The van der Waals surface area contributed by atoms with Crippen molar-refractivity contribution in [1.29, 1.82) is 0 Å². The molecule has 27 heavy (non-hydrogen) atoms. The van der Waals surface area contributed by atoms with Gasteiger partial charge in [0.15, 0.2) is 0 Å². The Morgan fingerprint density at radius 3 is 2.85 bits per heavy atom. The van der Waals surface area contributed by atoms with Gasteiger partial charge in [-0.05, 0) is 17.9 Å². The van der Waals surface area contributed by atoms with Crippen LogP contribution in [0, 0.1) is 0 Å². The van der Waals surface area contributed by atoms with Crippen LogP contribution >= 0.6 is 0 Å². The minimum absolute atomic E-state index is 0.0440. The number of likely N-dealkylation sites (N-methyl/N-ethyl adjacent to an activating group) is 1. The quantitative estimate of drug-likeness (QED) is 0.719. The van der Waals surface area contributed by atoms with E-state index >= 15 is 0 Å². The fourth-order valence-corrected chi connectivity index (χ4v) is 4.06. The molecule has 2 saturated heterocycles. The number of nitrogens with zero attached hydrogens (tertiary/aromatic N) is 6. The molecule has 7 heteroatoms. The number of aromatic nitrogens is 3. The Morgan fingerprint density at radius 2 is 2.00 bits per heavy atom. The molecule has 2 aliphatic rings. The van der Waals surface area contributed by atoms with Gasteiger partial charge in [0.05, 0.1) is 17.9 Å². The predicted octanol–water partition coefficient (Wildman–Crippen LogP) is 2.75. The highest BCUT2D eigenvalue weighted by Gasteiger charge is 2.30. The summed E-state index contributed by atoms with van der Waals surface area (Å²) in [5, 5.41) is 6.95. The third-order valence-electron chi connectivity index (χ3n) is 5.61. The number of rotatable bonds is 3. The molecule has 0 saturated carbocycles. The summed E-state index contributed by atoms with van der Waals surface area (Å²) in [6.45, 7) is 3.30. The van der Waals surface area contributed by atoms with Crippen LogP contribution in [0.5, 0.6) is 0 Å². The zero-order valence-corrected chi connectivity index (χ0v) is 15.3. The molecule has 2 amide bonds. The number of pyridine rings is 1. The van der Waals surface area contributed by atoms with Crippen molar-refractivity contribution >= 4 is 28.3 Å². The van der Waals surface area contributed by atoms with E-state index in [1.54, 1.807) is 16.0 Å². The fourth-order valence-electron chi connectivity index (χ4n) is 4.06. The lowest BCUT2D eigenvalue weighted by Gasteiger charge is -2.19. The van der Waals surface area contributed by atoms with Crippen LogP contribution in [0.4, 0.5) is 16.3 Å². The third-order valence-corrected chi connectivity index (χ3v) is 5.61. The SMILES string of the molecule is CN1CCN(c2cnn(C3CCN(c4nccc5ccccc45)C3)c2)C1=O. The van der Waals surface area contributed by atoms with Gasteiger partial charge in [-0.15, -0.1) is 0 Å². The normalized spacial score (nSPS) is 20.3. The maximum atomic E-state index is 12.2. The average molecular weight is 362 g/mol. The Kier molecular flexibility index (Phi) is 3.74. The molecule has 0 radical (unpaired) electrons. The number of anilines is 2. The lowest BCUT2D eigenvalue weighted by Crippen LogP contribution is -2.28. The smallest absolute Gasteiger partial charge is 0.324 e. The third kappa shape index (κ3) is 2.70. The molecule has 1 unspecified atom stereocenters. The van der Waals surface area contributed by atoms with Crippen LogP contribution in [0.2, 0.25) is 0 Å². The second-order valence-corrected chi connectivity index (χ2v) is 7.28. The standard InChI is InChI=1S/C20H22N6O/c1-23-10-11-25(20(23)27)17-12-22-26(14-17)16-7-9-24(13-16)19-18-5-3-2-4-15(18)6-8-21-19/h2-6,8,12,14,16H,7,9-11,13H2,1H3. The van der Waals surface area contributed by atoms with Gasteiger partial charge in [0.2, 0.25) is 0 Å². The van der Waals surface area contributed by atoms with Gasteiger partial charge in [0.1, 0.15) is 5.82 Å². The molecule has 2 aliphatic heterocycles. The maximum absolute atomic E-state index is 12.2. The Labute approximate surface area is 157 Å². The Balaban J connectivity index is 1.36. The number of hydrogen-bond acceptors (Lipinski definition) is 4. The first-order valence-corrected chi connectivity index (χ1v) is 9.36. The van der Waals surface area contributed by atoms with Gasteiger partial charge in [-0.2, -0.15) is 5.10 Å². The number of fused-ring (bicyclic) bond motifs is 1. The van der Waals surface area contributed by atoms with Gasteiger partial charge in [-0.3, -0.25) is 9.58 Å². The second-order valence-electron chi connectivity index (χ2n) is 7.28. The molecule has 138 valence electrons. The topological polar surface area (TPSA) is 57.5 Å². The van der Waals surface area contributed by atoms with Crippen molar-refractivity contribution in [2.45, 2.75) is 12.5 Å². The van der Waals surface area contributed by atoms with Crippen LogP contribution in [0.1, 0.15) is 12.5 Å². The van der Waals surface area contributed by atoms with E-state index in [0.717, 1.165) is 44.1 Å². The first-order chi connectivity index (χ1) is 13.2. The number of urea groups is 1. The Morgan fingerprint density at radius 1 is 1.11 bits per heavy atom. The molecule has 0 bridgehead atoms. The van der Waals surface area contributed by atoms with Crippen molar-refractivity contribution in [2.24, 2.45) is 0 Å². The number of amides is 2. The van der Waals surface area contributed by atoms with E-state index in [1.807, 2.05) is 24.1 Å². The number of carbonyl (C=O) groups is 1. The predicted molar refractivity (Wildman–Crippen MR) is 105 cm³/mol. The van der Waals surface area contributed by atoms with Gasteiger partial charge in [-0.25, -0.2) is 9.78 Å². The zero-order valence-electron chi connectivity index (χ0n) is 15.3. The monoisotopic (exact) mass is 362 g/mol. The number of hydrogen-bond donors (Lipinski definition) is 0. The van der Waals surface area contributed by atoms with Crippen molar-refractivity contribution in [2.75, 3.05) is 43.0 Å². The summed E-state index contributed by atoms with van der Waals surface area (Å²) in [6.07, 6.45) is 6.70. The summed E-state index contributed by atoms with van der Waals surface area (Å²) in [5.41, 5.74) is 0.881. The molecule has 1 atom stereocenters. The van der Waals surface area contributed by atoms with Crippen LogP contribution in [0.3, 0.4) is 0 Å². The molecule has 4 heterocycles. The Hall–Kier alpha value is -3.09. The van der Waals surface area contributed by atoms with E-state index in [1.165, 1.54) is 10.8 Å². The van der Waals surface area contributed by atoms with Crippen LogP contribution in [-0.2, 0) is 0 Å². The highest BCUT2D eigenvalue weighted by atomic mass is 16.2. The van der Waals surface area contributed by atoms with Gasteiger partial charge >= 0.3 is 6.03 Å². The maximum Gasteiger partial charge on any atom is 0.324 e.